The number of carbonyl (C=O) groups excluding carboxylic acids is 2. The van der Waals surface area contributed by atoms with Gasteiger partial charge in [-0.1, -0.05) is 18.2 Å². The van der Waals surface area contributed by atoms with Gasteiger partial charge in [0, 0.05) is 11.1 Å². The third-order valence-electron chi connectivity index (χ3n) is 2.74. The largest absolute Gasteiger partial charge is 0.330 e. The Morgan fingerprint density at radius 2 is 2.05 bits per heavy atom. The summed E-state index contributed by atoms with van der Waals surface area (Å²) in [6, 6.07) is 8.55. The Bertz CT molecular complexity index is 736. The van der Waals surface area contributed by atoms with E-state index in [4.69, 9.17) is 5.26 Å². The maximum Gasteiger partial charge on any atom is 0.321 e. The Morgan fingerprint density at radius 1 is 1.29 bits per heavy atom. The van der Waals surface area contributed by atoms with E-state index >= 15 is 0 Å². The molecule has 0 aliphatic heterocycles. The van der Waals surface area contributed by atoms with Gasteiger partial charge in [0.2, 0.25) is 5.91 Å². The summed E-state index contributed by atoms with van der Waals surface area (Å²) in [6.45, 7) is 1.96. The van der Waals surface area contributed by atoms with Crippen molar-refractivity contribution in [2.75, 3.05) is 0 Å². The van der Waals surface area contributed by atoms with E-state index in [1.54, 1.807) is 6.07 Å². The smallest absolute Gasteiger partial charge is 0.321 e. The Hall–Kier alpha value is -3.01. The van der Waals surface area contributed by atoms with E-state index in [0.717, 1.165) is 16.6 Å². The SMILES string of the molecule is Cc1nc(CNC(=O)NC(=O)CC#N)nc2ccccc12. The third-order valence-corrected chi connectivity index (χ3v) is 2.74. The van der Waals surface area contributed by atoms with Crippen LogP contribution in [0.2, 0.25) is 0 Å². The molecule has 0 saturated heterocycles. The van der Waals surface area contributed by atoms with Crippen LogP contribution in [0.5, 0.6) is 0 Å². The molecule has 0 unspecified atom stereocenters. The van der Waals surface area contributed by atoms with Crippen LogP contribution in [0.1, 0.15) is 17.9 Å². The molecule has 1 aromatic carbocycles. The molecule has 2 N–H and O–H groups in total. The zero-order chi connectivity index (χ0) is 15.2. The first-order chi connectivity index (χ1) is 10.1. The van der Waals surface area contributed by atoms with Crippen molar-refractivity contribution in [1.29, 1.82) is 5.26 Å². The fourth-order valence-corrected chi connectivity index (χ4v) is 1.82. The summed E-state index contributed by atoms with van der Waals surface area (Å²) in [6.07, 6.45) is -0.362. The highest BCUT2D eigenvalue weighted by molar-refractivity contribution is 5.95. The lowest BCUT2D eigenvalue weighted by Crippen LogP contribution is -2.39. The molecule has 7 heteroatoms. The van der Waals surface area contributed by atoms with Crippen molar-refractivity contribution in [2.45, 2.75) is 19.9 Å². The number of nitrogens with one attached hydrogen (secondary N) is 2. The van der Waals surface area contributed by atoms with Gasteiger partial charge in [0.1, 0.15) is 12.2 Å². The van der Waals surface area contributed by atoms with Crippen LogP contribution in [0.25, 0.3) is 10.9 Å². The number of benzene rings is 1. The number of imide groups is 1. The van der Waals surface area contributed by atoms with Crippen molar-refractivity contribution in [1.82, 2.24) is 20.6 Å². The van der Waals surface area contributed by atoms with Crippen LogP contribution in [0.4, 0.5) is 4.79 Å². The first kappa shape index (κ1) is 14.4. The fourth-order valence-electron chi connectivity index (χ4n) is 1.82. The van der Waals surface area contributed by atoms with Gasteiger partial charge in [-0.2, -0.15) is 5.26 Å². The van der Waals surface area contributed by atoms with E-state index in [9.17, 15) is 9.59 Å². The highest BCUT2D eigenvalue weighted by Gasteiger charge is 2.08. The van der Waals surface area contributed by atoms with Gasteiger partial charge in [0.15, 0.2) is 0 Å². The summed E-state index contributed by atoms with van der Waals surface area (Å²) in [7, 11) is 0. The quantitative estimate of drug-likeness (QED) is 0.879. The van der Waals surface area contributed by atoms with Gasteiger partial charge < -0.3 is 5.32 Å². The number of nitriles is 1. The predicted molar refractivity (Wildman–Crippen MR) is 74.9 cm³/mol. The number of nitrogens with zero attached hydrogens (tertiary/aromatic N) is 3. The number of urea groups is 1. The maximum absolute atomic E-state index is 11.4. The zero-order valence-electron chi connectivity index (χ0n) is 11.4. The van der Waals surface area contributed by atoms with Crippen molar-refractivity contribution in [3.63, 3.8) is 0 Å². The minimum atomic E-state index is -0.676. The lowest BCUT2D eigenvalue weighted by atomic mass is 10.2. The molecule has 0 fully saturated rings. The van der Waals surface area contributed by atoms with E-state index in [0.29, 0.717) is 5.82 Å². The molecule has 106 valence electrons. The van der Waals surface area contributed by atoms with Gasteiger partial charge in [-0.25, -0.2) is 14.8 Å². The van der Waals surface area contributed by atoms with Gasteiger partial charge in [-0.15, -0.1) is 0 Å². The second-order valence-corrected chi connectivity index (χ2v) is 4.31. The van der Waals surface area contributed by atoms with E-state index < -0.39 is 11.9 Å². The minimum absolute atomic E-state index is 0.0946. The summed E-state index contributed by atoms with van der Waals surface area (Å²) in [4.78, 5) is 31.1. The Kier molecular flexibility index (Phi) is 4.41. The molecule has 1 heterocycles. The van der Waals surface area contributed by atoms with E-state index in [1.165, 1.54) is 0 Å². The molecule has 0 aliphatic rings. The van der Waals surface area contributed by atoms with Gasteiger partial charge in [-0.05, 0) is 13.0 Å². The van der Waals surface area contributed by atoms with Crippen LogP contribution in [-0.4, -0.2) is 21.9 Å². The molecular formula is C14H13N5O2. The number of para-hydroxylation sites is 1. The number of hydrogen-bond donors (Lipinski definition) is 2. The molecule has 2 aromatic rings. The highest BCUT2D eigenvalue weighted by atomic mass is 16.2. The number of hydrogen-bond acceptors (Lipinski definition) is 5. The topological polar surface area (TPSA) is 108 Å². The molecule has 21 heavy (non-hydrogen) atoms. The number of aryl methyl sites for hydroxylation is 1. The second kappa shape index (κ2) is 6.43. The van der Waals surface area contributed by atoms with Crippen molar-refractivity contribution in [2.24, 2.45) is 0 Å². The van der Waals surface area contributed by atoms with Crippen molar-refractivity contribution in [3.8, 4) is 6.07 Å². The molecule has 0 aliphatic carbocycles. The number of rotatable bonds is 3. The van der Waals surface area contributed by atoms with Crippen LogP contribution in [0, 0.1) is 18.3 Å². The monoisotopic (exact) mass is 283 g/mol. The van der Waals surface area contributed by atoms with Crippen LogP contribution < -0.4 is 10.6 Å². The van der Waals surface area contributed by atoms with Crippen LogP contribution in [0.15, 0.2) is 24.3 Å². The van der Waals surface area contributed by atoms with Crippen LogP contribution in [0.3, 0.4) is 0 Å². The number of fused-ring (bicyclic) bond motifs is 1. The first-order valence-electron chi connectivity index (χ1n) is 6.27. The average Bonchev–Trinajstić information content (AvgIpc) is 2.45. The predicted octanol–water partition coefficient (Wildman–Crippen LogP) is 1.18. The Morgan fingerprint density at radius 3 is 2.81 bits per heavy atom. The van der Waals surface area contributed by atoms with Crippen molar-refractivity contribution < 1.29 is 9.59 Å². The lowest BCUT2D eigenvalue weighted by Gasteiger charge is -2.07. The number of carbonyl (C=O) groups is 2. The molecule has 0 bridgehead atoms. The second-order valence-electron chi connectivity index (χ2n) is 4.31. The molecular weight excluding hydrogens is 270 g/mol. The molecule has 1 aromatic heterocycles. The number of amides is 3. The van der Waals surface area contributed by atoms with Gasteiger partial charge in [0.05, 0.1) is 18.1 Å². The van der Waals surface area contributed by atoms with Gasteiger partial charge in [-0.3, -0.25) is 10.1 Å². The Balaban J connectivity index is 2.02. The summed E-state index contributed by atoms with van der Waals surface area (Å²) in [5.74, 6) is -0.195. The molecule has 0 spiro atoms. The minimum Gasteiger partial charge on any atom is -0.330 e. The third kappa shape index (κ3) is 3.73. The summed E-state index contributed by atoms with van der Waals surface area (Å²) >= 11 is 0. The van der Waals surface area contributed by atoms with Crippen molar-refractivity contribution in [3.05, 3.63) is 35.8 Å². The lowest BCUT2D eigenvalue weighted by molar-refractivity contribution is -0.119. The highest BCUT2D eigenvalue weighted by Crippen LogP contribution is 2.14. The summed E-state index contributed by atoms with van der Waals surface area (Å²) in [5, 5.41) is 13.8. The van der Waals surface area contributed by atoms with E-state index in [-0.39, 0.29) is 13.0 Å². The van der Waals surface area contributed by atoms with Crippen molar-refractivity contribution >= 4 is 22.8 Å². The van der Waals surface area contributed by atoms with Crippen LogP contribution >= 0.6 is 0 Å². The normalized spacial score (nSPS) is 9.90. The van der Waals surface area contributed by atoms with Gasteiger partial charge >= 0.3 is 6.03 Å². The standard InChI is InChI=1S/C14H13N5O2/c1-9-10-4-2-3-5-11(10)18-12(17-9)8-16-14(21)19-13(20)6-7-15/h2-5H,6,8H2,1H3,(H2,16,19,20,21). The summed E-state index contributed by atoms with van der Waals surface area (Å²) < 4.78 is 0. The van der Waals surface area contributed by atoms with E-state index in [1.807, 2.05) is 36.5 Å². The fraction of sp³-hybridized carbons (Fsp3) is 0.214. The molecule has 0 radical (unpaired) electrons. The molecule has 7 nitrogen and oxygen atoms in total. The average molecular weight is 283 g/mol. The number of aromatic nitrogens is 2. The molecule has 2 rings (SSSR count). The Labute approximate surface area is 121 Å². The first-order valence-corrected chi connectivity index (χ1v) is 6.27. The summed E-state index contributed by atoms with van der Waals surface area (Å²) in [5.41, 5.74) is 1.61. The molecule has 0 atom stereocenters. The van der Waals surface area contributed by atoms with Gasteiger partial charge in [0.25, 0.3) is 0 Å². The zero-order valence-corrected chi connectivity index (χ0v) is 11.4. The van der Waals surface area contributed by atoms with Crippen LogP contribution in [-0.2, 0) is 11.3 Å². The van der Waals surface area contributed by atoms with E-state index in [2.05, 4.69) is 15.3 Å². The molecule has 0 saturated carbocycles. The molecule has 3 amide bonds. The maximum atomic E-state index is 11.4.